The fraction of sp³-hybridized carbons (Fsp3) is 0.158. The van der Waals surface area contributed by atoms with Crippen LogP contribution in [0.5, 0.6) is 0 Å². The zero-order chi connectivity index (χ0) is 19.1. The van der Waals surface area contributed by atoms with Gasteiger partial charge in [0.25, 0.3) is 11.5 Å². The molecule has 6 nitrogen and oxygen atoms in total. The van der Waals surface area contributed by atoms with Crippen molar-refractivity contribution in [1.29, 1.82) is 0 Å². The smallest absolute Gasteiger partial charge is 0.263 e. The zero-order valence-electron chi connectivity index (χ0n) is 14.5. The lowest BCUT2D eigenvalue weighted by molar-refractivity contribution is -0.133. The van der Waals surface area contributed by atoms with Crippen molar-refractivity contribution < 1.29 is 4.79 Å². The third-order valence-electron chi connectivity index (χ3n) is 4.60. The molecule has 0 radical (unpaired) electrons. The molecule has 140 valence electrons. The van der Waals surface area contributed by atoms with Crippen LogP contribution in [0, 0.1) is 0 Å². The number of hydrogen-bond donors (Lipinski definition) is 0. The molecule has 1 unspecified atom stereocenters. The highest BCUT2D eigenvalue weighted by atomic mass is 32.1. The average Bonchev–Trinajstić information content (AvgIpc) is 3.48. The number of nitrogens with zero attached hydrogens (tertiary/aromatic N) is 4. The molecule has 5 rings (SSSR count). The SMILES string of the molecule is O=C(Cn1cnc2sccc2c1=O)N1N=C(c2cccs2)CC1c1cccs1. The normalized spacial score (nSPS) is 16.6. The highest BCUT2D eigenvalue weighted by molar-refractivity contribution is 7.16. The minimum absolute atomic E-state index is 0.0826. The molecule has 1 aliphatic rings. The highest BCUT2D eigenvalue weighted by Crippen LogP contribution is 2.36. The van der Waals surface area contributed by atoms with Gasteiger partial charge in [-0.25, -0.2) is 9.99 Å². The molecular formula is C19H14N4O2S3. The standard InChI is InChI=1S/C19H14N4O2S3/c24-17(10-22-11-20-18-12(19(22)25)5-8-28-18)23-14(16-4-2-7-27-16)9-13(21-23)15-3-1-6-26-15/h1-8,11,14H,9-10H2. The number of aromatic nitrogens is 2. The number of carbonyl (C=O) groups is 1. The van der Waals surface area contributed by atoms with Crippen LogP contribution in [0.2, 0.25) is 0 Å². The second-order valence-electron chi connectivity index (χ2n) is 6.31. The Labute approximate surface area is 172 Å². The Morgan fingerprint density at radius 1 is 1.11 bits per heavy atom. The van der Waals surface area contributed by atoms with Crippen LogP contribution in [0.1, 0.15) is 22.2 Å². The van der Waals surface area contributed by atoms with E-state index in [1.165, 1.54) is 27.2 Å². The van der Waals surface area contributed by atoms with Crippen molar-refractivity contribution in [3.63, 3.8) is 0 Å². The van der Waals surface area contributed by atoms with Crippen molar-refractivity contribution in [2.75, 3.05) is 0 Å². The van der Waals surface area contributed by atoms with Gasteiger partial charge in [-0.3, -0.25) is 14.2 Å². The third-order valence-corrected chi connectivity index (χ3v) is 7.31. The number of fused-ring (bicyclic) bond motifs is 1. The molecular weight excluding hydrogens is 412 g/mol. The first kappa shape index (κ1) is 17.5. The van der Waals surface area contributed by atoms with E-state index >= 15 is 0 Å². The predicted octanol–water partition coefficient (Wildman–Crippen LogP) is 3.96. The number of thiophene rings is 3. The molecule has 1 atom stereocenters. The second-order valence-corrected chi connectivity index (χ2v) is 9.14. The molecule has 0 bridgehead atoms. The van der Waals surface area contributed by atoms with Crippen LogP contribution >= 0.6 is 34.0 Å². The monoisotopic (exact) mass is 426 g/mol. The van der Waals surface area contributed by atoms with Crippen LogP contribution in [0.25, 0.3) is 10.2 Å². The first-order valence-electron chi connectivity index (χ1n) is 8.60. The lowest BCUT2D eigenvalue weighted by Gasteiger charge is -2.21. The van der Waals surface area contributed by atoms with Gasteiger partial charge in [-0.2, -0.15) is 5.10 Å². The fourth-order valence-corrected chi connectivity index (χ4v) is 5.51. The Morgan fingerprint density at radius 3 is 2.75 bits per heavy atom. The topological polar surface area (TPSA) is 67.6 Å². The molecule has 4 aromatic rings. The first-order valence-corrected chi connectivity index (χ1v) is 11.2. The number of carbonyl (C=O) groups excluding carboxylic acids is 1. The van der Waals surface area contributed by atoms with Gasteiger partial charge in [-0.05, 0) is 34.3 Å². The summed E-state index contributed by atoms with van der Waals surface area (Å²) >= 11 is 4.64. The fourth-order valence-electron chi connectivity index (χ4n) is 3.26. The van der Waals surface area contributed by atoms with Gasteiger partial charge in [0.15, 0.2) is 0 Å². The lowest BCUT2D eigenvalue weighted by atomic mass is 10.1. The maximum atomic E-state index is 13.1. The van der Waals surface area contributed by atoms with E-state index < -0.39 is 0 Å². The quantitative estimate of drug-likeness (QED) is 0.496. The van der Waals surface area contributed by atoms with Gasteiger partial charge in [0.1, 0.15) is 11.4 Å². The summed E-state index contributed by atoms with van der Waals surface area (Å²) in [6, 6.07) is 9.60. The van der Waals surface area contributed by atoms with Crippen molar-refractivity contribution in [2.24, 2.45) is 5.10 Å². The Kier molecular flexibility index (Phi) is 4.42. The van der Waals surface area contributed by atoms with Gasteiger partial charge in [0.2, 0.25) is 0 Å². The summed E-state index contributed by atoms with van der Waals surface area (Å²) in [5.41, 5.74) is 0.703. The van der Waals surface area contributed by atoms with Crippen molar-refractivity contribution in [2.45, 2.75) is 19.0 Å². The van der Waals surface area contributed by atoms with E-state index in [4.69, 9.17) is 0 Å². The van der Waals surface area contributed by atoms with Gasteiger partial charge in [-0.15, -0.1) is 34.0 Å². The van der Waals surface area contributed by atoms with Crippen LogP contribution in [0.15, 0.2) is 62.7 Å². The minimum atomic E-state index is -0.219. The lowest BCUT2D eigenvalue weighted by Crippen LogP contribution is -2.33. The maximum absolute atomic E-state index is 13.1. The third kappa shape index (κ3) is 3.01. The molecule has 0 saturated carbocycles. The molecule has 1 aliphatic heterocycles. The zero-order valence-corrected chi connectivity index (χ0v) is 17.0. The van der Waals surface area contributed by atoms with Crippen LogP contribution < -0.4 is 5.56 Å². The predicted molar refractivity (Wildman–Crippen MR) is 113 cm³/mol. The van der Waals surface area contributed by atoms with E-state index in [9.17, 15) is 9.59 Å². The summed E-state index contributed by atoms with van der Waals surface area (Å²) in [4.78, 5) is 32.9. The molecule has 4 aromatic heterocycles. The molecule has 0 N–H and O–H groups in total. The summed E-state index contributed by atoms with van der Waals surface area (Å²) in [7, 11) is 0. The summed E-state index contributed by atoms with van der Waals surface area (Å²) in [5.74, 6) is -0.219. The van der Waals surface area contributed by atoms with Crippen LogP contribution in [0.3, 0.4) is 0 Å². The van der Waals surface area contributed by atoms with Crippen molar-refractivity contribution >= 4 is 55.8 Å². The van der Waals surface area contributed by atoms with Crippen LogP contribution in [-0.4, -0.2) is 26.2 Å². The maximum Gasteiger partial charge on any atom is 0.263 e. The largest absolute Gasteiger partial charge is 0.289 e. The van der Waals surface area contributed by atoms with E-state index in [0.717, 1.165) is 15.5 Å². The molecule has 1 amide bonds. The van der Waals surface area contributed by atoms with Crippen LogP contribution in [0.4, 0.5) is 0 Å². The van der Waals surface area contributed by atoms with Gasteiger partial charge < -0.3 is 0 Å². The van der Waals surface area contributed by atoms with E-state index in [1.807, 2.05) is 40.4 Å². The van der Waals surface area contributed by atoms with E-state index in [2.05, 4.69) is 10.1 Å². The molecule has 0 saturated heterocycles. The van der Waals surface area contributed by atoms with Gasteiger partial charge in [0.05, 0.1) is 28.3 Å². The van der Waals surface area contributed by atoms with Crippen molar-refractivity contribution in [3.05, 3.63) is 72.9 Å². The number of amides is 1. The Bertz CT molecular complexity index is 1220. The number of rotatable bonds is 4. The first-order chi connectivity index (χ1) is 13.7. The van der Waals surface area contributed by atoms with Gasteiger partial charge in [0, 0.05) is 11.3 Å². The van der Waals surface area contributed by atoms with E-state index in [-0.39, 0.29) is 24.1 Å². The molecule has 0 spiro atoms. The average molecular weight is 427 g/mol. The minimum Gasteiger partial charge on any atom is -0.289 e. The molecule has 0 aliphatic carbocycles. The Hall–Kier alpha value is -2.62. The molecule has 5 heterocycles. The summed E-state index contributed by atoms with van der Waals surface area (Å²) in [6.07, 6.45) is 2.11. The van der Waals surface area contributed by atoms with Crippen LogP contribution in [-0.2, 0) is 11.3 Å². The second kappa shape index (κ2) is 7.08. The summed E-state index contributed by atoms with van der Waals surface area (Å²) in [6.45, 7) is -0.0826. The summed E-state index contributed by atoms with van der Waals surface area (Å²) in [5, 5.41) is 12.5. The van der Waals surface area contributed by atoms with Crippen molar-refractivity contribution in [1.82, 2.24) is 14.6 Å². The van der Waals surface area contributed by atoms with Gasteiger partial charge >= 0.3 is 0 Å². The Morgan fingerprint density at radius 2 is 1.96 bits per heavy atom. The number of hydrogen-bond acceptors (Lipinski definition) is 7. The number of hydrazone groups is 1. The summed E-state index contributed by atoms with van der Waals surface area (Å²) < 4.78 is 1.36. The van der Waals surface area contributed by atoms with E-state index in [1.54, 1.807) is 28.7 Å². The molecule has 28 heavy (non-hydrogen) atoms. The van der Waals surface area contributed by atoms with Crippen molar-refractivity contribution in [3.8, 4) is 0 Å². The molecule has 9 heteroatoms. The highest BCUT2D eigenvalue weighted by Gasteiger charge is 2.34. The molecule has 0 aromatic carbocycles. The van der Waals surface area contributed by atoms with Gasteiger partial charge in [-0.1, -0.05) is 12.1 Å². The molecule has 0 fully saturated rings. The Balaban J connectivity index is 1.48. The van der Waals surface area contributed by atoms with E-state index in [0.29, 0.717) is 16.6 Å².